The van der Waals surface area contributed by atoms with E-state index in [2.05, 4.69) is 15.6 Å². The quantitative estimate of drug-likeness (QED) is 0.362. The Morgan fingerprint density at radius 3 is 2.60 bits per heavy atom. The Hall–Kier alpha value is -1.66. The smallest absolute Gasteiger partial charge is 0.315 e. The van der Waals surface area contributed by atoms with Gasteiger partial charge in [-0.15, -0.1) is 0 Å². The number of amides is 2. The van der Waals surface area contributed by atoms with E-state index in [1.54, 1.807) is 18.2 Å². The summed E-state index contributed by atoms with van der Waals surface area (Å²) in [4.78, 5) is 15.3. The van der Waals surface area contributed by atoms with Crippen LogP contribution in [0.25, 0.3) is 0 Å². The topological polar surface area (TPSA) is 106 Å². The number of carbonyl (C=O) groups excluding carboxylic acids is 1. The van der Waals surface area contributed by atoms with Crippen LogP contribution in [0, 0.1) is 0 Å². The van der Waals surface area contributed by atoms with Crippen LogP contribution in [0.5, 0.6) is 0 Å². The molecular weight excluding hydrogens is 301 g/mol. The molecule has 0 unspecified atom stereocenters. The standard InChI is InChI=1S/C12H17Cl2N5O/c13-9-3-2-8(6-10(9)14)7-19-12(20)18-5-1-4-17-11(15)16/h2-3,6H,1,4-5,7H2,(H4,15,16,17)(H2,18,19,20). The van der Waals surface area contributed by atoms with E-state index < -0.39 is 0 Å². The first-order chi connectivity index (χ1) is 9.49. The lowest BCUT2D eigenvalue weighted by Crippen LogP contribution is -2.35. The minimum atomic E-state index is -0.263. The zero-order valence-corrected chi connectivity index (χ0v) is 12.3. The summed E-state index contributed by atoms with van der Waals surface area (Å²) < 4.78 is 0. The monoisotopic (exact) mass is 317 g/mol. The lowest BCUT2D eigenvalue weighted by atomic mass is 10.2. The third-order valence-corrected chi connectivity index (χ3v) is 3.09. The van der Waals surface area contributed by atoms with E-state index in [1.165, 1.54) is 0 Å². The van der Waals surface area contributed by atoms with Crippen LogP contribution in [-0.4, -0.2) is 25.1 Å². The molecule has 0 atom stereocenters. The van der Waals surface area contributed by atoms with Gasteiger partial charge in [-0.25, -0.2) is 4.79 Å². The molecule has 6 nitrogen and oxygen atoms in total. The van der Waals surface area contributed by atoms with Gasteiger partial charge in [0, 0.05) is 19.6 Å². The summed E-state index contributed by atoms with van der Waals surface area (Å²) in [5.41, 5.74) is 11.2. The molecule has 0 saturated carbocycles. The van der Waals surface area contributed by atoms with Gasteiger partial charge in [0.05, 0.1) is 10.0 Å². The number of hydrogen-bond donors (Lipinski definition) is 4. The summed E-state index contributed by atoms with van der Waals surface area (Å²) in [6.45, 7) is 1.34. The number of hydrogen-bond acceptors (Lipinski definition) is 2. The van der Waals surface area contributed by atoms with Crippen LogP contribution in [0.3, 0.4) is 0 Å². The summed E-state index contributed by atoms with van der Waals surface area (Å²) in [6, 6.07) is 4.94. The number of nitrogens with zero attached hydrogens (tertiary/aromatic N) is 1. The van der Waals surface area contributed by atoms with Crippen molar-refractivity contribution in [2.75, 3.05) is 13.1 Å². The van der Waals surface area contributed by atoms with Crippen LogP contribution in [0.2, 0.25) is 10.0 Å². The Bertz CT molecular complexity index is 489. The fourth-order valence-electron chi connectivity index (χ4n) is 1.38. The number of benzene rings is 1. The van der Waals surface area contributed by atoms with Crippen molar-refractivity contribution in [3.8, 4) is 0 Å². The minimum Gasteiger partial charge on any atom is -0.370 e. The van der Waals surface area contributed by atoms with Crippen LogP contribution in [0.1, 0.15) is 12.0 Å². The highest BCUT2D eigenvalue weighted by Gasteiger charge is 2.02. The second-order valence-electron chi connectivity index (χ2n) is 4.02. The SMILES string of the molecule is NC(N)=NCCCNC(=O)NCc1ccc(Cl)c(Cl)c1. The summed E-state index contributed by atoms with van der Waals surface area (Å²) in [5.74, 6) is 0.0501. The molecule has 6 N–H and O–H groups in total. The predicted molar refractivity (Wildman–Crippen MR) is 82.0 cm³/mol. The van der Waals surface area contributed by atoms with Gasteiger partial charge in [0.1, 0.15) is 0 Å². The molecule has 8 heteroatoms. The van der Waals surface area contributed by atoms with Crippen molar-refractivity contribution in [2.45, 2.75) is 13.0 Å². The molecule has 0 aliphatic rings. The minimum absolute atomic E-state index is 0.0501. The molecule has 20 heavy (non-hydrogen) atoms. The Morgan fingerprint density at radius 1 is 1.20 bits per heavy atom. The second-order valence-corrected chi connectivity index (χ2v) is 4.83. The van der Waals surface area contributed by atoms with Crippen molar-refractivity contribution in [3.05, 3.63) is 33.8 Å². The number of carbonyl (C=O) groups is 1. The van der Waals surface area contributed by atoms with E-state index in [9.17, 15) is 4.79 Å². The average Bonchev–Trinajstić information content (AvgIpc) is 2.39. The molecule has 0 heterocycles. The summed E-state index contributed by atoms with van der Waals surface area (Å²) in [7, 11) is 0. The lowest BCUT2D eigenvalue weighted by molar-refractivity contribution is 0.240. The van der Waals surface area contributed by atoms with E-state index in [0.29, 0.717) is 36.1 Å². The van der Waals surface area contributed by atoms with Gasteiger partial charge < -0.3 is 22.1 Å². The van der Waals surface area contributed by atoms with Crippen molar-refractivity contribution >= 4 is 35.2 Å². The Morgan fingerprint density at radius 2 is 1.95 bits per heavy atom. The largest absolute Gasteiger partial charge is 0.370 e. The van der Waals surface area contributed by atoms with Crippen molar-refractivity contribution in [2.24, 2.45) is 16.5 Å². The number of nitrogens with one attached hydrogen (secondary N) is 2. The second kappa shape index (κ2) is 8.50. The summed E-state index contributed by atoms with van der Waals surface area (Å²) in [5, 5.41) is 6.35. The van der Waals surface area contributed by atoms with Gasteiger partial charge in [0.2, 0.25) is 0 Å². The van der Waals surface area contributed by atoms with Crippen molar-refractivity contribution in [1.29, 1.82) is 0 Å². The van der Waals surface area contributed by atoms with Gasteiger partial charge in [0.15, 0.2) is 5.96 Å². The van der Waals surface area contributed by atoms with Crippen molar-refractivity contribution < 1.29 is 4.79 Å². The molecule has 0 bridgehead atoms. The molecule has 0 aliphatic heterocycles. The predicted octanol–water partition coefficient (Wildman–Crippen LogP) is 1.46. The van der Waals surface area contributed by atoms with Crippen molar-refractivity contribution in [3.63, 3.8) is 0 Å². The third kappa shape index (κ3) is 6.49. The normalized spacial score (nSPS) is 9.90. The van der Waals surface area contributed by atoms with E-state index in [4.69, 9.17) is 34.7 Å². The first-order valence-corrected chi connectivity index (χ1v) is 6.75. The van der Waals surface area contributed by atoms with Crippen LogP contribution in [0.4, 0.5) is 4.79 Å². The first-order valence-electron chi connectivity index (χ1n) is 6.00. The van der Waals surface area contributed by atoms with Crippen molar-refractivity contribution in [1.82, 2.24) is 10.6 Å². The number of rotatable bonds is 6. The molecule has 0 saturated heterocycles. The molecule has 0 aromatic heterocycles. The highest BCUT2D eigenvalue weighted by Crippen LogP contribution is 2.22. The van der Waals surface area contributed by atoms with Gasteiger partial charge in [-0.05, 0) is 24.1 Å². The molecule has 1 aromatic rings. The first kappa shape index (κ1) is 16.4. The molecular formula is C12H17Cl2N5O. The maximum Gasteiger partial charge on any atom is 0.315 e. The molecule has 0 fully saturated rings. The summed E-state index contributed by atoms with van der Waals surface area (Å²) >= 11 is 11.7. The molecule has 0 spiro atoms. The van der Waals surface area contributed by atoms with Gasteiger partial charge in [-0.1, -0.05) is 29.3 Å². The van der Waals surface area contributed by atoms with Gasteiger partial charge in [-0.3, -0.25) is 4.99 Å². The van der Waals surface area contributed by atoms with Crippen LogP contribution in [-0.2, 0) is 6.54 Å². The molecule has 0 radical (unpaired) electrons. The summed E-state index contributed by atoms with van der Waals surface area (Å²) in [6.07, 6.45) is 0.665. The highest BCUT2D eigenvalue weighted by molar-refractivity contribution is 6.42. The van der Waals surface area contributed by atoms with E-state index in [1.807, 2.05) is 0 Å². The maximum atomic E-state index is 11.5. The number of guanidine groups is 1. The molecule has 1 aromatic carbocycles. The lowest BCUT2D eigenvalue weighted by Gasteiger charge is -2.07. The average molecular weight is 318 g/mol. The van der Waals surface area contributed by atoms with E-state index in [0.717, 1.165) is 5.56 Å². The fourth-order valence-corrected chi connectivity index (χ4v) is 1.70. The number of urea groups is 1. The van der Waals surface area contributed by atoms with Crippen LogP contribution in [0.15, 0.2) is 23.2 Å². The number of aliphatic imine (C=N–C) groups is 1. The van der Waals surface area contributed by atoms with Crippen LogP contribution >= 0.6 is 23.2 Å². The zero-order chi connectivity index (χ0) is 15.0. The van der Waals surface area contributed by atoms with Gasteiger partial charge in [-0.2, -0.15) is 0 Å². The fraction of sp³-hybridized carbons (Fsp3) is 0.333. The number of halogens is 2. The molecule has 0 aliphatic carbocycles. The highest BCUT2D eigenvalue weighted by atomic mass is 35.5. The molecule has 110 valence electrons. The molecule has 2 amide bonds. The van der Waals surface area contributed by atoms with Gasteiger partial charge >= 0.3 is 6.03 Å². The Balaban J connectivity index is 2.22. The van der Waals surface area contributed by atoms with E-state index >= 15 is 0 Å². The molecule has 1 rings (SSSR count). The maximum absolute atomic E-state index is 11.5. The zero-order valence-electron chi connectivity index (χ0n) is 10.8. The Labute approximate surface area is 127 Å². The number of nitrogens with two attached hydrogens (primary N) is 2. The van der Waals surface area contributed by atoms with Crippen LogP contribution < -0.4 is 22.1 Å². The Kier molecular flexibility index (Phi) is 6.97. The van der Waals surface area contributed by atoms with Gasteiger partial charge in [0.25, 0.3) is 0 Å². The third-order valence-electron chi connectivity index (χ3n) is 2.35. The van der Waals surface area contributed by atoms with E-state index in [-0.39, 0.29) is 12.0 Å².